The summed E-state index contributed by atoms with van der Waals surface area (Å²) in [5.74, 6) is 0. The van der Waals surface area contributed by atoms with Crippen LogP contribution in [-0.2, 0) is 20.1 Å². The Balaban J connectivity index is 1.89. The van der Waals surface area contributed by atoms with E-state index in [-0.39, 0.29) is 10.6 Å². The number of fused-ring (bicyclic) bond motifs is 1. The maximum Gasteiger partial charge on any atom is 0.278 e. The lowest BCUT2D eigenvalue weighted by atomic mass is 10.2. The fourth-order valence-corrected chi connectivity index (χ4v) is 2.42. The summed E-state index contributed by atoms with van der Waals surface area (Å²) in [4.78, 5) is 10.7. The molecule has 0 saturated heterocycles. The standard InChI is InChI=1S/C14H15N4O2/c1-15-7-8-16(11-15)9-10-17-6-5-12-13(17)3-2-4-14(12)18(19)20/h2-8,11H,9-10H2,1H3/q+1. The van der Waals surface area contributed by atoms with Crippen LogP contribution in [0.25, 0.3) is 10.9 Å². The normalized spacial score (nSPS) is 11.1. The minimum atomic E-state index is -0.335. The first kappa shape index (κ1) is 12.4. The Labute approximate surface area is 115 Å². The molecule has 2 aromatic heterocycles. The quantitative estimate of drug-likeness (QED) is 0.413. The third kappa shape index (κ3) is 2.16. The van der Waals surface area contributed by atoms with Crippen LogP contribution in [0.2, 0.25) is 0 Å². The summed E-state index contributed by atoms with van der Waals surface area (Å²) >= 11 is 0. The highest BCUT2D eigenvalue weighted by molar-refractivity contribution is 5.89. The first-order chi connectivity index (χ1) is 9.65. The molecule has 2 heterocycles. The molecule has 0 radical (unpaired) electrons. The summed E-state index contributed by atoms with van der Waals surface area (Å²) in [7, 11) is 1.98. The number of nitro benzene ring substituents is 1. The van der Waals surface area contributed by atoms with Crippen molar-refractivity contribution >= 4 is 16.6 Å². The largest absolute Gasteiger partial charge is 0.343 e. The number of nitro groups is 1. The van der Waals surface area contributed by atoms with Crippen molar-refractivity contribution < 1.29 is 9.49 Å². The molecule has 6 nitrogen and oxygen atoms in total. The molecule has 0 aliphatic carbocycles. The van der Waals surface area contributed by atoms with E-state index in [0.717, 1.165) is 18.6 Å². The molecule has 0 fully saturated rings. The first-order valence-electron chi connectivity index (χ1n) is 6.38. The lowest BCUT2D eigenvalue weighted by Crippen LogP contribution is -2.24. The molecule has 0 atom stereocenters. The number of hydrogen-bond acceptors (Lipinski definition) is 2. The zero-order valence-electron chi connectivity index (χ0n) is 11.1. The van der Waals surface area contributed by atoms with Crippen molar-refractivity contribution in [3.05, 3.63) is 59.3 Å². The van der Waals surface area contributed by atoms with Crippen molar-refractivity contribution in [2.45, 2.75) is 13.1 Å². The molecule has 0 aliphatic rings. The van der Waals surface area contributed by atoms with Gasteiger partial charge in [-0.1, -0.05) is 6.07 Å². The van der Waals surface area contributed by atoms with Gasteiger partial charge in [0.05, 0.1) is 29.4 Å². The van der Waals surface area contributed by atoms with Gasteiger partial charge in [-0.15, -0.1) is 0 Å². The molecule has 3 aromatic rings. The molecule has 0 spiro atoms. The molecule has 0 N–H and O–H groups in total. The van der Waals surface area contributed by atoms with E-state index in [0.29, 0.717) is 5.39 Å². The SMILES string of the molecule is C[n+]1ccn(CCn2ccc3c([N+](=O)[O-])cccc32)c1. The highest BCUT2D eigenvalue weighted by atomic mass is 16.6. The van der Waals surface area contributed by atoms with Crippen molar-refractivity contribution in [2.24, 2.45) is 7.05 Å². The molecule has 0 bridgehead atoms. The zero-order valence-corrected chi connectivity index (χ0v) is 11.1. The van der Waals surface area contributed by atoms with E-state index < -0.39 is 0 Å². The maximum atomic E-state index is 11.0. The molecule has 0 amide bonds. The summed E-state index contributed by atoms with van der Waals surface area (Å²) in [6, 6.07) is 6.99. The predicted molar refractivity (Wildman–Crippen MR) is 74.2 cm³/mol. The first-order valence-corrected chi connectivity index (χ1v) is 6.38. The lowest BCUT2D eigenvalue weighted by Gasteiger charge is -2.03. The third-order valence-electron chi connectivity index (χ3n) is 3.41. The molecular formula is C14H15N4O2+. The number of benzene rings is 1. The highest BCUT2D eigenvalue weighted by Gasteiger charge is 2.13. The van der Waals surface area contributed by atoms with Gasteiger partial charge in [0.2, 0.25) is 6.33 Å². The summed E-state index contributed by atoms with van der Waals surface area (Å²) in [5.41, 5.74) is 1.06. The second-order valence-electron chi connectivity index (χ2n) is 4.79. The number of imidazole rings is 1. The van der Waals surface area contributed by atoms with E-state index in [4.69, 9.17) is 0 Å². The van der Waals surface area contributed by atoms with Crippen LogP contribution in [-0.4, -0.2) is 14.1 Å². The van der Waals surface area contributed by atoms with Crippen LogP contribution < -0.4 is 4.57 Å². The van der Waals surface area contributed by atoms with Crippen LogP contribution in [0.5, 0.6) is 0 Å². The molecule has 3 rings (SSSR count). The van der Waals surface area contributed by atoms with Gasteiger partial charge < -0.3 is 4.57 Å². The Morgan fingerprint density at radius 3 is 2.80 bits per heavy atom. The molecule has 20 heavy (non-hydrogen) atoms. The molecule has 0 saturated carbocycles. The van der Waals surface area contributed by atoms with Crippen molar-refractivity contribution in [3.8, 4) is 0 Å². The average Bonchev–Trinajstić information content (AvgIpc) is 3.02. The Kier molecular flexibility index (Phi) is 2.98. The van der Waals surface area contributed by atoms with Gasteiger partial charge in [-0.05, 0) is 12.1 Å². The van der Waals surface area contributed by atoms with Crippen LogP contribution in [0.3, 0.4) is 0 Å². The number of nitrogens with zero attached hydrogens (tertiary/aromatic N) is 4. The Morgan fingerprint density at radius 2 is 2.10 bits per heavy atom. The van der Waals surface area contributed by atoms with Gasteiger partial charge in [-0.2, -0.15) is 0 Å². The molecule has 6 heteroatoms. The van der Waals surface area contributed by atoms with Crippen LogP contribution in [0.1, 0.15) is 0 Å². The third-order valence-corrected chi connectivity index (χ3v) is 3.41. The molecule has 1 aromatic carbocycles. The Hall–Kier alpha value is -2.63. The van der Waals surface area contributed by atoms with Gasteiger partial charge in [0, 0.05) is 12.3 Å². The van der Waals surface area contributed by atoms with Crippen LogP contribution >= 0.6 is 0 Å². The van der Waals surface area contributed by atoms with Crippen molar-refractivity contribution in [2.75, 3.05) is 0 Å². The Morgan fingerprint density at radius 1 is 1.25 bits per heavy atom. The summed E-state index contributed by atoms with van der Waals surface area (Å²) < 4.78 is 6.12. The van der Waals surface area contributed by atoms with Crippen molar-refractivity contribution in [3.63, 3.8) is 0 Å². The highest BCUT2D eigenvalue weighted by Crippen LogP contribution is 2.26. The zero-order chi connectivity index (χ0) is 14.1. The van der Waals surface area contributed by atoms with Gasteiger partial charge >= 0.3 is 0 Å². The van der Waals surface area contributed by atoms with Crippen LogP contribution in [0.4, 0.5) is 5.69 Å². The topological polar surface area (TPSA) is 56.9 Å². The second kappa shape index (κ2) is 4.80. The number of hydrogen-bond donors (Lipinski definition) is 0. The van der Waals surface area contributed by atoms with E-state index in [1.54, 1.807) is 12.1 Å². The minimum absolute atomic E-state index is 0.161. The van der Waals surface area contributed by atoms with E-state index in [2.05, 4.69) is 4.57 Å². The molecule has 0 aliphatic heterocycles. The van der Waals surface area contributed by atoms with Crippen molar-refractivity contribution in [1.29, 1.82) is 0 Å². The van der Waals surface area contributed by atoms with E-state index in [1.165, 1.54) is 0 Å². The maximum absolute atomic E-state index is 11.0. The van der Waals surface area contributed by atoms with E-state index >= 15 is 0 Å². The average molecular weight is 271 g/mol. The lowest BCUT2D eigenvalue weighted by molar-refractivity contribution is -0.671. The molecular weight excluding hydrogens is 256 g/mol. The van der Waals surface area contributed by atoms with Gasteiger partial charge in [0.25, 0.3) is 5.69 Å². The number of aromatic nitrogens is 3. The molecule has 102 valence electrons. The predicted octanol–water partition coefficient (Wildman–Crippen LogP) is 1.88. The van der Waals surface area contributed by atoms with Crippen molar-refractivity contribution in [1.82, 2.24) is 9.13 Å². The fraction of sp³-hybridized carbons (Fsp3) is 0.214. The number of aryl methyl sites for hydroxylation is 3. The number of non-ortho nitro benzene ring substituents is 1. The van der Waals surface area contributed by atoms with E-state index in [9.17, 15) is 10.1 Å². The smallest absolute Gasteiger partial charge is 0.278 e. The van der Waals surface area contributed by atoms with Gasteiger partial charge in [0.15, 0.2) is 0 Å². The minimum Gasteiger partial charge on any atom is -0.343 e. The van der Waals surface area contributed by atoms with Gasteiger partial charge in [-0.3, -0.25) is 10.1 Å². The second-order valence-corrected chi connectivity index (χ2v) is 4.79. The van der Waals surface area contributed by atoms with Crippen LogP contribution in [0, 0.1) is 10.1 Å². The Bertz CT molecular complexity index is 772. The van der Waals surface area contributed by atoms with Gasteiger partial charge in [-0.25, -0.2) is 9.13 Å². The monoisotopic (exact) mass is 271 g/mol. The van der Waals surface area contributed by atoms with Crippen LogP contribution in [0.15, 0.2) is 49.2 Å². The summed E-state index contributed by atoms with van der Waals surface area (Å²) in [5, 5.41) is 11.7. The van der Waals surface area contributed by atoms with Gasteiger partial charge in [0.1, 0.15) is 18.9 Å². The summed E-state index contributed by atoms with van der Waals surface area (Å²) in [6.45, 7) is 1.60. The molecule has 0 unspecified atom stereocenters. The number of rotatable bonds is 4. The van der Waals surface area contributed by atoms with E-state index in [1.807, 2.05) is 53.2 Å². The summed E-state index contributed by atoms with van der Waals surface area (Å²) in [6.07, 6.45) is 7.90. The fourth-order valence-electron chi connectivity index (χ4n) is 2.42.